The molecule has 0 aromatic carbocycles. The molecule has 0 saturated carbocycles. The molecular weight excluding hydrogens is 184 g/mol. The van der Waals surface area contributed by atoms with E-state index in [0.29, 0.717) is 4.48 Å². The van der Waals surface area contributed by atoms with Crippen molar-refractivity contribution >= 4 is 12.0 Å². The minimum atomic E-state index is -0.552. The number of hydrogen-bond donors (Lipinski definition) is 1. The molecule has 5 heteroatoms. The van der Waals surface area contributed by atoms with Crippen molar-refractivity contribution in [2.75, 3.05) is 33.8 Å². The topological polar surface area (TPSA) is 55.4 Å². The van der Waals surface area contributed by atoms with Crippen molar-refractivity contribution in [2.24, 2.45) is 0 Å². The van der Waals surface area contributed by atoms with Crippen LogP contribution in [-0.2, 0) is 9.53 Å². The third-order valence-corrected chi connectivity index (χ3v) is 2.72. The number of carbonyl (C=O) groups excluding carboxylic acids is 2. The molecule has 0 bridgehead atoms. The second kappa shape index (κ2) is 4.41. The predicted molar refractivity (Wildman–Crippen MR) is 50.6 cm³/mol. The molecular formula is C9H17N2O3+. The van der Waals surface area contributed by atoms with Crippen molar-refractivity contribution in [3.05, 3.63) is 0 Å². The predicted octanol–water partition coefficient (Wildman–Crippen LogP) is 0.109. The van der Waals surface area contributed by atoms with Crippen LogP contribution in [0.1, 0.15) is 12.8 Å². The minimum Gasteiger partial charge on any atom is -0.453 e. The number of likely N-dealkylation sites (tertiary alicyclic amines) is 1. The number of carbonyl (C=O) groups is 2. The third-order valence-electron chi connectivity index (χ3n) is 2.72. The van der Waals surface area contributed by atoms with Gasteiger partial charge in [-0.1, -0.05) is 0 Å². The van der Waals surface area contributed by atoms with Gasteiger partial charge in [0.15, 0.2) is 0 Å². The summed E-state index contributed by atoms with van der Waals surface area (Å²) in [6, 6.07) is 0. The number of amides is 2. The third kappa shape index (κ3) is 2.45. The lowest BCUT2D eigenvalue weighted by Gasteiger charge is -2.25. The number of likely N-dealkylation sites (N-methyl/N-ethyl adjacent to an activating group) is 1. The Hall–Kier alpha value is -1.10. The maximum absolute atomic E-state index is 11.7. The van der Waals surface area contributed by atoms with Crippen LogP contribution in [0.15, 0.2) is 0 Å². The van der Waals surface area contributed by atoms with Crippen molar-refractivity contribution < 1.29 is 18.8 Å². The number of nitrogens with one attached hydrogen (secondary N) is 1. The van der Waals surface area contributed by atoms with Crippen molar-refractivity contribution in [3.63, 3.8) is 0 Å². The van der Waals surface area contributed by atoms with E-state index >= 15 is 0 Å². The largest absolute Gasteiger partial charge is 0.453 e. The van der Waals surface area contributed by atoms with Gasteiger partial charge in [0, 0.05) is 12.8 Å². The maximum atomic E-state index is 11.7. The van der Waals surface area contributed by atoms with E-state index in [4.69, 9.17) is 0 Å². The monoisotopic (exact) mass is 201 g/mol. The molecule has 1 rings (SSSR count). The van der Waals surface area contributed by atoms with E-state index in [2.05, 4.69) is 10.1 Å². The van der Waals surface area contributed by atoms with Gasteiger partial charge in [-0.05, 0) is 0 Å². The van der Waals surface area contributed by atoms with Crippen LogP contribution in [0.2, 0.25) is 0 Å². The number of hydrogen-bond acceptors (Lipinski definition) is 3. The van der Waals surface area contributed by atoms with Crippen LogP contribution in [0.25, 0.3) is 0 Å². The van der Waals surface area contributed by atoms with E-state index in [1.165, 1.54) is 7.11 Å². The molecule has 0 aliphatic carbocycles. The van der Waals surface area contributed by atoms with Gasteiger partial charge in [-0.3, -0.25) is 4.48 Å². The molecule has 1 saturated heterocycles. The summed E-state index contributed by atoms with van der Waals surface area (Å²) in [6.07, 6.45) is 1.62. The van der Waals surface area contributed by atoms with E-state index in [1.807, 2.05) is 7.05 Å². The van der Waals surface area contributed by atoms with E-state index in [0.717, 1.165) is 25.9 Å². The summed E-state index contributed by atoms with van der Waals surface area (Å²) < 4.78 is 4.82. The number of quaternary nitrogens is 1. The van der Waals surface area contributed by atoms with Gasteiger partial charge in [-0.25, -0.2) is 9.59 Å². The van der Waals surface area contributed by atoms with E-state index in [9.17, 15) is 9.59 Å². The Labute approximate surface area is 83.6 Å². The molecule has 5 nitrogen and oxygen atoms in total. The fraction of sp³-hybridized carbons (Fsp3) is 0.778. The van der Waals surface area contributed by atoms with Gasteiger partial charge >= 0.3 is 12.0 Å². The van der Waals surface area contributed by atoms with Crippen LogP contribution in [-0.4, -0.2) is 50.3 Å². The zero-order valence-corrected chi connectivity index (χ0v) is 8.71. The molecule has 0 radical (unpaired) electrons. The molecule has 2 amide bonds. The zero-order chi connectivity index (χ0) is 10.6. The van der Waals surface area contributed by atoms with Gasteiger partial charge in [-0.2, -0.15) is 0 Å². The summed E-state index contributed by atoms with van der Waals surface area (Å²) in [5.41, 5.74) is 0. The number of ether oxygens (including phenoxy) is 1. The summed E-state index contributed by atoms with van der Waals surface area (Å²) in [6.45, 7) is 1.81. The summed E-state index contributed by atoms with van der Waals surface area (Å²) in [5, 5.41) is 2.41. The lowest BCUT2D eigenvalue weighted by atomic mass is 10.4. The second-order valence-corrected chi connectivity index (χ2v) is 3.79. The van der Waals surface area contributed by atoms with Gasteiger partial charge in [0.25, 0.3) is 0 Å². The highest BCUT2D eigenvalue weighted by Crippen LogP contribution is 2.16. The van der Waals surface area contributed by atoms with Crippen LogP contribution in [0.5, 0.6) is 0 Å². The summed E-state index contributed by atoms with van der Waals surface area (Å²) in [7, 11) is 3.19. The quantitative estimate of drug-likeness (QED) is 0.645. The van der Waals surface area contributed by atoms with Crippen LogP contribution in [0.3, 0.4) is 0 Å². The van der Waals surface area contributed by atoms with E-state index in [1.54, 1.807) is 0 Å². The molecule has 80 valence electrons. The fourth-order valence-corrected chi connectivity index (χ4v) is 1.69. The Bertz CT molecular complexity index is 234. The SMILES string of the molecule is COC(=O)NCC(=O)[N+]1(C)CCCC1. The van der Waals surface area contributed by atoms with Gasteiger partial charge in [-0.15, -0.1) is 0 Å². The van der Waals surface area contributed by atoms with Gasteiger partial charge in [0.2, 0.25) is 0 Å². The van der Waals surface area contributed by atoms with Gasteiger partial charge in [0.05, 0.1) is 27.2 Å². The summed E-state index contributed by atoms with van der Waals surface area (Å²) in [5.74, 6) is 0.0490. The van der Waals surface area contributed by atoms with Crippen LogP contribution < -0.4 is 5.32 Å². The normalized spacial score (nSPS) is 19.0. The molecule has 0 spiro atoms. The van der Waals surface area contributed by atoms with Crippen LogP contribution >= 0.6 is 0 Å². The fourth-order valence-electron chi connectivity index (χ4n) is 1.69. The van der Waals surface area contributed by atoms with Crippen molar-refractivity contribution in [3.8, 4) is 0 Å². The molecule has 14 heavy (non-hydrogen) atoms. The number of rotatable bonds is 2. The minimum absolute atomic E-state index is 0.0490. The highest BCUT2D eigenvalue weighted by Gasteiger charge is 2.34. The Morgan fingerprint density at radius 1 is 1.36 bits per heavy atom. The lowest BCUT2D eigenvalue weighted by Crippen LogP contribution is -2.51. The highest BCUT2D eigenvalue weighted by atomic mass is 16.5. The van der Waals surface area contributed by atoms with Crippen molar-refractivity contribution in [2.45, 2.75) is 12.8 Å². The summed E-state index contributed by atoms with van der Waals surface area (Å²) >= 11 is 0. The molecule has 0 atom stereocenters. The number of methoxy groups -OCH3 is 1. The first kappa shape index (κ1) is 11.0. The van der Waals surface area contributed by atoms with Crippen LogP contribution in [0, 0.1) is 0 Å². The Morgan fingerprint density at radius 3 is 2.43 bits per heavy atom. The molecule has 1 N–H and O–H groups in total. The molecule has 1 heterocycles. The van der Waals surface area contributed by atoms with E-state index < -0.39 is 6.09 Å². The van der Waals surface area contributed by atoms with E-state index in [-0.39, 0.29) is 12.5 Å². The first-order valence-corrected chi connectivity index (χ1v) is 4.78. The van der Waals surface area contributed by atoms with Crippen molar-refractivity contribution in [1.82, 2.24) is 5.32 Å². The Morgan fingerprint density at radius 2 is 1.93 bits per heavy atom. The Kier molecular flexibility index (Phi) is 3.46. The Balaban J connectivity index is 2.38. The maximum Gasteiger partial charge on any atom is 0.407 e. The standard InChI is InChI=1S/C9H16N2O3/c1-11(5-3-4-6-11)8(12)7-10-9(13)14-2/h3-7H2,1-2H3/p+1. The number of alkyl carbamates (subject to hydrolysis) is 1. The molecule has 1 aliphatic heterocycles. The van der Waals surface area contributed by atoms with Gasteiger partial charge in [0.1, 0.15) is 6.54 Å². The summed E-state index contributed by atoms with van der Waals surface area (Å²) in [4.78, 5) is 22.4. The van der Waals surface area contributed by atoms with Gasteiger partial charge < -0.3 is 10.1 Å². The average molecular weight is 201 g/mol. The highest BCUT2D eigenvalue weighted by molar-refractivity contribution is 5.77. The molecule has 0 aromatic rings. The molecule has 1 aliphatic rings. The number of nitrogens with zero attached hydrogens (tertiary/aromatic N) is 1. The lowest BCUT2D eigenvalue weighted by molar-refractivity contribution is -0.821. The molecule has 0 aromatic heterocycles. The zero-order valence-electron chi connectivity index (χ0n) is 8.71. The molecule has 0 unspecified atom stereocenters. The first-order valence-electron chi connectivity index (χ1n) is 4.78. The van der Waals surface area contributed by atoms with Crippen molar-refractivity contribution in [1.29, 1.82) is 0 Å². The first-order chi connectivity index (χ1) is 6.58. The average Bonchev–Trinajstić information content (AvgIpc) is 2.62. The smallest absolute Gasteiger partial charge is 0.407 e. The second-order valence-electron chi connectivity index (χ2n) is 3.79. The van der Waals surface area contributed by atoms with Crippen LogP contribution in [0.4, 0.5) is 4.79 Å². The molecule has 1 fully saturated rings.